The van der Waals surface area contributed by atoms with Crippen LogP contribution in [-0.4, -0.2) is 16.1 Å². The minimum atomic E-state index is -0.977. The lowest BCUT2D eigenvalue weighted by atomic mass is 9.74. The van der Waals surface area contributed by atoms with Gasteiger partial charge in [-0.25, -0.2) is 9.18 Å². The number of aromatic carboxylic acids is 1. The fourth-order valence-corrected chi connectivity index (χ4v) is 3.51. The Morgan fingerprint density at radius 1 is 1.43 bits per heavy atom. The summed E-state index contributed by atoms with van der Waals surface area (Å²) >= 11 is 3.12. The second-order valence-corrected chi connectivity index (χ2v) is 6.99. The number of carboxylic acids is 1. The van der Waals surface area contributed by atoms with E-state index in [-0.39, 0.29) is 15.5 Å². The summed E-state index contributed by atoms with van der Waals surface area (Å²) in [6.07, 6.45) is 2.60. The van der Waals surface area contributed by atoms with Gasteiger partial charge in [0.2, 0.25) is 0 Å². The van der Waals surface area contributed by atoms with Gasteiger partial charge in [-0.1, -0.05) is 13.8 Å². The molecule has 110 valence electrons. The molecule has 1 aromatic carbocycles. The largest absolute Gasteiger partial charge is 0.478 e. The molecule has 1 aromatic heterocycles. The normalized spacial score (nSPS) is 16.8. The summed E-state index contributed by atoms with van der Waals surface area (Å²) in [6.45, 7) is 4.12. The van der Waals surface area contributed by atoms with E-state index in [2.05, 4.69) is 34.8 Å². The van der Waals surface area contributed by atoms with Gasteiger partial charge >= 0.3 is 5.97 Å². The number of pyridine rings is 1. The van der Waals surface area contributed by atoms with Crippen LogP contribution in [0.3, 0.4) is 0 Å². The van der Waals surface area contributed by atoms with Gasteiger partial charge in [-0.05, 0) is 46.8 Å². The van der Waals surface area contributed by atoms with Crippen molar-refractivity contribution in [3.63, 3.8) is 0 Å². The van der Waals surface area contributed by atoms with Gasteiger partial charge in [0, 0.05) is 16.9 Å². The number of fused-ring (bicyclic) bond motifs is 2. The van der Waals surface area contributed by atoms with Gasteiger partial charge in [-0.3, -0.25) is 4.98 Å². The minimum Gasteiger partial charge on any atom is -0.478 e. The average Bonchev–Trinajstić information content (AvgIpc) is 2.38. The molecule has 0 atom stereocenters. The first kappa shape index (κ1) is 14.4. The van der Waals surface area contributed by atoms with Gasteiger partial charge in [0.1, 0.15) is 5.82 Å². The van der Waals surface area contributed by atoms with Crippen molar-refractivity contribution in [1.82, 2.24) is 4.98 Å². The molecule has 1 aliphatic rings. The van der Waals surface area contributed by atoms with Crippen LogP contribution in [0.1, 0.15) is 48.3 Å². The highest BCUT2D eigenvalue weighted by Crippen LogP contribution is 2.40. The van der Waals surface area contributed by atoms with Crippen LogP contribution >= 0.6 is 15.9 Å². The van der Waals surface area contributed by atoms with E-state index < -0.39 is 11.8 Å². The van der Waals surface area contributed by atoms with Crippen molar-refractivity contribution >= 4 is 32.8 Å². The quantitative estimate of drug-likeness (QED) is 0.825. The molecule has 5 heteroatoms. The van der Waals surface area contributed by atoms with Crippen molar-refractivity contribution in [1.29, 1.82) is 0 Å². The third kappa shape index (κ3) is 2.24. The van der Waals surface area contributed by atoms with Gasteiger partial charge < -0.3 is 5.11 Å². The number of hydrogen-bond donors (Lipinski definition) is 1. The maximum Gasteiger partial charge on any atom is 0.336 e. The zero-order valence-electron chi connectivity index (χ0n) is 11.8. The number of hydrogen-bond acceptors (Lipinski definition) is 2. The average molecular weight is 352 g/mol. The summed E-state index contributed by atoms with van der Waals surface area (Å²) in [6, 6.07) is 2.82. The van der Waals surface area contributed by atoms with Crippen molar-refractivity contribution in [2.24, 2.45) is 0 Å². The molecule has 1 aliphatic carbocycles. The summed E-state index contributed by atoms with van der Waals surface area (Å²) < 4.78 is 14.0. The molecule has 0 fully saturated rings. The van der Waals surface area contributed by atoms with Crippen LogP contribution < -0.4 is 0 Å². The maximum absolute atomic E-state index is 13.8. The molecular formula is C16H15BrFNO2. The molecule has 3 rings (SSSR count). The molecule has 0 saturated carbocycles. The predicted molar refractivity (Wildman–Crippen MR) is 82.3 cm³/mol. The number of benzene rings is 1. The Morgan fingerprint density at radius 3 is 2.81 bits per heavy atom. The van der Waals surface area contributed by atoms with E-state index in [0.29, 0.717) is 17.3 Å². The smallest absolute Gasteiger partial charge is 0.336 e. The topological polar surface area (TPSA) is 50.2 Å². The Hall–Kier alpha value is -1.49. The van der Waals surface area contributed by atoms with Crippen LogP contribution in [0.5, 0.6) is 0 Å². The monoisotopic (exact) mass is 351 g/mol. The standard InChI is InChI=1S/C16H15BrFNO2/c1-16(2)5-3-4-8-13(15(20)21)9-6-10(17)11(18)7-12(9)19-14(8)16/h6-7H,3-5H2,1-2H3,(H,20,21). The lowest BCUT2D eigenvalue weighted by Crippen LogP contribution is -2.27. The number of aromatic nitrogens is 1. The van der Waals surface area contributed by atoms with Crippen LogP contribution in [-0.2, 0) is 11.8 Å². The third-order valence-electron chi connectivity index (χ3n) is 4.21. The van der Waals surface area contributed by atoms with E-state index >= 15 is 0 Å². The second-order valence-electron chi connectivity index (χ2n) is 6.14. The van der Waals surface area contributed by atoms with E-state index in [0.717, 1.165) is 24.1 Å². The fourth-order valence-electron chi connectivity index (χ4n) is 3.17. The first-order chi connectivity index (χ1) is 9.81. The highest BCUT2D eigenvalue weighted by Gasteiger charge is 2.33. The SMILES string of the molecule is CC1(C)CCCc2c1nc1cc(F)c(Br)cc1c2C(=O)O. The molecule has 0 bridgehead atoms. The van der Waals surface area contributed by atoms with E-state index in [1.54, 1.807) is 0 Å². The zero-order valence-corrected chi connectivity index (χ0v) is 13.4. The molecule has 2 aromatic rings. The Bertz CT molecular complexity index is 771. The van der Waals surface area contributed by atoms with Gasteiger partial charge in [0.15, 0.2) is 0 Å². The van der Waals surface area contributed by atoms with Gasteiger partial charge in [0.25, 0.3) is 0 Å². The first-order valence-corrected chi connectivity index (χ1v) is 7.66. The van der Waals surface area contributed by atoms with Crippen molar-refractivity contribution < 1.29 is 14.3 Å². The fraction of sp³-hybridized carbons (Fsp3) is 0.375. The predicted octanol–water partition coefficient (Wildman–Crippen LogP) is 4.45. The summed E-state index contributed by atoms with van der Waals surface area (Å²) in [5.74, 6) is -1.41. The van der Waals surface area contributed by atoms with Crippen molar-refractivity contribution in [2.75, 3.05) is 0 Å². The molecule has 3 nitrogen and oxygen atoms in total. The number of carboxylic acid groups (broad SMARTS) is 1. The Morgan fingerprint density at radius 2 is 2.14 bits per heavy atom. The van der Waals surface area contributed by atoms with E-state index in [1.165, 1.54) is 12.1 Å². The molecule has 1 heterocycles. The maximum atomic E-state index is 13.8. The van der Waals surface area contributed by atoms with Crippen molar-refractivity contribution in [3.05, 3.63) is 39.2 Å². The lowest BCUT2D eigenvalue weighted by molar-refractivity contribution is 0.0697. The summed E-state index contributed by atoms with van der Waals surface area (Å²) in [5, 5.41) is 10.1. The Balaban J connectivity index is 2.47. The molecule has 21 heavy (non-hydrogen) atoms. The second kappa shape index (κ2) is 4.77. The van der Waals surface area contributed by atoms with Crippen LogP contribution in [0.4, 0.5) is 4.39 Å². The highest BCUT2D eigenvalue weighted by atomic mass is 79.9. The molecule has 1 N–H and O–H groups in total. The Kier molecular flexibility index (Phi) is 3.28. The third-order valence-corrected chi connectivity index (χ3v) is 4.82. The van der Waals surface area contributed by atoms with E-state index in [9.17, 15) is 14.3 Å². The molecule has 0 saturated heterocycles. The van der Waals surface area contributed by atoms with Gasteiger partial charge in [-0.2, -0.15) is 0 Å². The summed E-state index contributed by atoms with van der Waals surface area (Å²) in [4.78, 5) is 16.3. The highest BCUT2D eigenvalue weighted by molar-refractivity contribution is 9.10. The van der Waals surface area contributed by atoms with E-state index in [1.807, 2.05) is 0 Å². The molecule has 0 amide bonds. The van der Waals surface area contributed by atoms with Crippen LogP contribution in [0, 0.1) is 5.82 Å². The molecular weight excluding hydrogens is 337 g/mol. The lowest BCUT2D eigenvalue weighted by Gasteiger charge is -2.32. The Labute approximate surface area is 130 Å². The zero-order chi connectivity index (χ0) is 15.4. The molecule has 0 spiro atoms. The van der Waals surface area contributed by atoms with Crippen LogP contribution in [0.15, 0.2) is 16.6 Å². The summed E-state index contributed by atoms with van der Waals surface area (Å²) in [7, 11) is 0. The molecule has 0 unspecified atom stereocenters. The number of carbonyl (C=O) groups is 1. The summed E-state index contributed by atoms with van der Waals surface area (Å²) in [5.41, 5.74) is 2.07. The van der Waals surface area contributed by atoms with E-state index in [4.69, 9.17) is 0 Å². The van der Waals surface area contributed by atoms with Crippen molar-refractivity contribution in [3.8, 4) is 0 Å². The van der Waals surface area contributed by atoms with Gasteiger partial charge in [0.05, 0.1) is 21.2 Å². The molecule has 0 aliphatic heterocycles. The van der Waals surface area contributed by atoms with Gasteiger partial charge in [-0.15, -0.1) is 0 Å². The number of halogens is 2. The number of rotatable bonds is 1. The first-order valence-electron chi connectivity index (χ1n) is 6.86. The van der Waals surface area contributed by atoms with Crippen LogP contribution in [0.25, 0.3) is 10.9 Å². The molecule has 0 radical (unpaired) electrons. The number of nitrogens with zero attached hydrogens (tertiary/aromatic N) is 1. The van der Waals surface area contributed by atoms with Crippen molar-refractivity contribution in [2.45, 2.75) is 38.5 Å². The minimum absolute atomic E-state index is 0.185. The van der Waals surface area contributed by atoms with Crippen LogP contribution in [0.2, 0.25) is 0 Å².